The van der Waals surface area contributed by atoms with Gasteiger partial charge in [0.2, 0.25) is 0 Å². The van der Waals surface area contributed by atoms with Gasteiger partial charge in [0.1, 0.15) is 0 Å². The fourth-order valence-electron chi connectivity index (χ4n) is 1.99. The lowest BCUT2D eigenvalue weighted by Crippen LogP contribution is -2.41. The first-order chi connectivity index (χ1) is 6.86. The van der Waals surface area contributed by atoms with Gasteiger partial charge in [-0.1, -0.05) is 18.9 Å². The summed E-state index contributed by atoms with van der Waals surface area (Å²) in [5.41, 5.74) is 0. The molecule has 1 fully saturated rings. The summed E-state index contributed by atoms with van der Waals surface area (Å²) in [4.78, 5) is 1.35. The van der Waals surface area contributed by atoms with E-state index in [1.165, 1.54) is 17.7 Å². The normalized spacial score (nSPS) is 27.8. The van der Waals surface area contributed by atoms with Gasteiger partial charge in [-0.3, -0.25) is 0 Å². The Morgan fingerprint density at radius 3 is 3.00 bits per heavy atom. The summed E-state index contributed by atoms with van der Waals surface area (Å²) < 4.78 is 0. The Labute approximate surface area is 89.0 Å². The number of thiophene rings is 1. The minimum absolute atomic E-state index is 0.135. The number of aliphatic hydroxyl groups excluding tert-OH is 1. The lowest BCUT2D eigenvalue weighted by Gasteiger charge is -2.28. The van der Waals surface area contributed by atoms with Crippen molar-refractivity contribution in [2.24, 2.45) is 0 Å². The molecule has 0 radical (unpaired) electrons. The largest absolute Gasteiger partial charge is 0.392 e. The number of aliphatic hydroxyl groups is 1. The van der Waals surface area contributed by atoms with Crippen molar-refractivity contribution in [2.45, 2.75) is 44.4 Å². The molecule has 3 heteroatoms. The fraction of sp³-hybridized carbons (Fsp3) is 0.636. The average molecular weight is 211 g/mol. The zero-order chi connectivity index (χ0) is 9.80. The fourth-order valence-corrected chi connectivity index (χ4v) is 2.65. The van der Waals surface area contributed by atoms with Gasteiger partial charge in [-0.15, -0.1) is 11.3 Å². The molecule has 0 spiro atoms. The third-order valence-corrected chi connectivity index (χ3v) is 3.72. The summed E-state index contributed by atoms with van der Waals surface area (Å²) in [5, 5.41) is 15.3. The van der Waals surface area contributed by atoms with Crippen molar-refractivity contribution in [1.82, 2.24) is 5.32 Å². The van der Waals surface area contributed by atoms with Gasteiger partial charge in [0.05, 0.1) is 6.10 Å². The molecular weight excluding hydrogens is 194 g/mol. The molecule has 1 aromatic heterocycles. The molecule has 2 N–H and O–H groups in total. The van der Waals surface area contributed by atoms with Crippen molar-refractivity contribution < 1.29 is 5.11 Å². The van der Waals surface area contributed by atoms with E-state index in [2.05, 4.69) is 22.8 Å². The Balaban J connectivity index is 1.79. The van der Waals surface area contributed by atoms with Crippen LogP contribution in [0.25, 0.3) is 0 Å². The van der Waals surface area contributed by atoms with Crippen LogP contribution in [0.5, 0.6) is 0 Å². The zero-order valence-electron chi connectivity index (χ0n) is 8.28. The Kier molecular flexibility index (Phi) is 3.56. The summed E-state index contributed by atoms with van der Waals surface area (Å²) in [6.07, 6.45) is 4.37. The van der Waals surface area contributed by atoms with Gasteiger partial charge in [0.15, 0.2) is 0 Å². The van der Waals surface area contributed by atoms with Crippen LogP contribution in [0.1, 0.15) is 30.6 Å². The highest BCUT2D eigenvalue weighted by Gasteiger charge is 2.21. The standard InChI is InChI=1S/C11H17NOS/c13-11-6-2-1-5-10(11)12-8-9-4-3-7-14-9/h3-4,7,10-13H,1-2,5-6,8H2/t10-,11+/m0/s1. The molecule has 0 saturated heterocycles. The SMILES string of the molecule is O[C@@H]1CCCC[C@@H]1NCc1cccs1. The molecule has 1 aromatic rings. The highest BCUT2D eigenvalue weighted by molar-refractivity contribution is 7.09. The number of hydrogen-bond donors (Lipinski definition) is 2. The number of nitrogens with one attached hydrogen (secondary N) is 1. The van der Waals surface area contributed by atoms with Gasteiger partial charge in [-0.2, -0.15) is 0 Å². The predicted molar refractivity (Wildman–Crippen MR) is 59.4 cm³/mol. The maximum Gasteiger partial charge on any atom is 0.0693 e. The maximum atomic E-state index is 9.74. The predicted octanol–water partition coefficient (Wildman–Crippen LogP) is 2.14. The quantitative estimate of drug-likeness (QED) is 0.803. The van der Waals surface area contributed by atoms with E-state index < -0.39 is 0 Å². The van der Waals surface area contributed by atoms with Gasteiger partial charge in [0, 0.05) is 17.5 Å². The highest BCUT2D eigenvalue weighted by Crippen LogP contribution is 2.19. The molecule has 14 heavy (non-hydrogen) atoms. The van der Waals surface area contributed by atoms with Crippen molar-refractivity contribution in [3.8, 4) is 0 Å². The monoisotopic (exact) mass is 211 g/mol. The van der Waals surface area contributed by atoms with Crippen molar-refractivity contribution in [3.63, 3.8) is 0 Å². The summed E-state index contributed by atoms with van der Waals surface area (Å²) in [6.45, 7) is 0.902. The lowest BCUT2D eigenvalue weighted by atomic mass is 9.92. The minimum Gasteiger partial charge on any atom is -0.392 e. The van der Waals surface area contributed by atoms with Gasteiger partial charge in [0.25, 0.3) is 0 Å². The Bertz CT molecular complexity index is 260. The lowest BCUT2D eigenvalue weighted by molar-refractivity contribution is 0.0904. The van der Waals surface area contributed by atoms with E-state index in [-0.39, 0.29) is 6.10 Å². The van der Waals surface area contributed by atoms with E-state index in [4.69, 9.17) is 0 Å². The first-order valence-electron chi connectivity index (χ1n) is 5.30. The topological polar surface area (TPSA) is 32.3 Å². The van der Waals surface area contributed by atoms with Gasteiger partial charge < -0.3 is 10.4 Å². The van der Waals surface area contributed by atoms with E-state index in [0.29, 0.717) is 6.04 Å². The molecule has 0 aliphatic heterocycles. The molecule has 0 aromatic carbocycles. The minimum atomic E-state index is -0.135. The number of hydrogen-bond acceptors (Lipinski definition) is 3. The second kappa shape index (κ2) is 4.91. The maximum absolute atomic E-state index is 9.74. The molecule has 2 nitrogen and oxygen atoms in total. The van der Waals surface area contributed by atoms with Crippen molar-refractivity contribution in [1.29, 1.82) is 0 Å². The third kappa shape index (κ3) is 2.56. The Morgan fingerprint density at radius 1 is 1.43 bits per heavy atom. The van der Waals surface area contributed by atoms with Crippen LogP contribution in [-0.2, 0) is 6.54 Å². The summed E-state index contributed by atoms with van der Waals surface area (Å²) in [7, 11) is 0. The molecular formula is C11H17NOS. The van der Waals surface area contributed by atoms with Crippen LogP contribution in [0.2, 0.25) is 0 Å². The first-order valence-corrected chi connectivity index (χ1v) is 6.18. The second-order valence-electron chi connectivity index (χ2n) is 3.92. The van der Waals surface area contributed by atoms with Gasteiger partial charge in [-0.25, -0.2) is 0 Å². The molecule has 2 atom stereocenters. The first kappa shape index (κ1) is 10.1. The van der Waals surface area contributed by atoms with Crippen LogP contribution in [0.4, 0.5) is 0 Å². The van der Waals surface area contributed by atoms with E-state index in [1.54, 1.807) is 11.3 Å². The molecule has 0 bridgehead atoms. The van der Waals surface area contributed by atoms with Crippen LogP contribution in [0.15, 0.2) is 17.5 Å². The second-order valence-corrected chi connectivity index (χ2v) is 4.95. The summed E-state index contributed by atoms with van der Waals surface area (Å²) >= 11 is 1.77. The molecule has 1 aliphatic carbocycles. The number of rotatable bonds is 3. The van der Waals surface area contributed by atoms with E-state index in [9.17, 15) is 5.11 Å². The van der Waals surface area contributed by atoms with Crippen LogP contribution < -0.4 is 5.32 Å². The molecule has 1 saturated carbocycles. The van der Waals surface area contributed by atoms with E-state index in [1.807, 2.05) is 0 Å². The molecule has 1 heterocycles. The van der Waals surface area contributed by atoms with Crippen LogP contribution >= 0.6 is 11.3 Å². The van der Waals surface area contributed by atoms with Crippen molar-refractivity contribution in [2.75, 3.05) is 0 Å². The zero-order valence-corrected chi connectivity index (χ0v) is 9.09. The average Bonchev–Trinajstić information content (AvgIpc) is 2.69. The van der Waals surface area contributed by atoms with E-state index in [0.717, 1.165) is 19.4 Å². The van der Waals surface area contributed by atoms with Crippen molar-refractivity contribution in [3.05, 3.63) is 22.4 Å². The van der Waals surface area contributed by atoms with Crippen LogP contribution in [-0.4, -0.2) is 17.3 Å². The molecule has 2 rings (SSSR count). The molecule has 1 aliphatic rings. The molecule has 0 amide bonds. The van der Waals surface area contributed by atoms with Gasteiger partial charge >= 0.3 is 0 Å². The van der Waals surface area contributed by atoms with Gasteiger partial charge in [-0.05, 0) is 24.3 Å². The van der Waals surface area contributed by atoms with E-state index >= 15 is 0 Å². The van der Waals surface area contributed by atoms with Crippen molar-refractivity contribution >= 4 is 11.3 Å². The van der Waals surface area contributed by atoms with Crippen LogP contribution in [0.3, 0.4) is 0 Å². The highest BCUT2D eigenvalue weighted by atomic mass is 32.1. The third-order valence-electron chi connectivity index (χ3n) is 2.85. The molecule has 78 valence electrons. The molecule has 0 unspecified atom stereocenters. The Morgan fingerprint density at radius 2 is 2.29 bits per heavy atom. The Hall–Kier alpha value is -0.380. The van der Waals surface area contributed by atoms with Crippen LogP contribution in [0, 0.1) is 0 Å². The summed E-state index contributed by atoms with van der Waals surface area (Å²) in [5.74, 6) is 0. The summed E-state index contributed by atoms with van der Waals surface area (Å²) in [6, 6.07) is 4.51. The smallest absolute Gasteiger partial charge is 0.0693 e.